The second-order valence-corrected chi connectivity index (χ2v) is 5.58. The monoisotopic (exact) mass is 276 g/mol. The van der Waals surface area contributed by atoms with Crippen molar-refractivity contribution in [2.24, 2.45) is 0 Å². The lowest BCUT2D eigenvalue weighted by Gasteiger charge is -2.13. The Labute approximate surface area is 105 Å². The molecule has 1 aromatic rings. The summed E-state index contributed by atoms with van der Waals surface area (Å²) < 4.78 is 25.2. The molecule has 0 spiro atoms. The fourth-order valence-electron chi connectivity index (χ4n) is 1.23. The minimum Gasteiger partial charge on any atom is -0.347 e. The maximum absolute atomic E-state index is 11.6. The molecule has 0 saturated carbocycles. The molecule has 1 atom stereocenters. The average molecular weight is 276 g/mol. The van der Waals surface area contributed by atoms with Crippen LogP contribution in [0.25, 0.3) is 0 Å². The molecule has 0 aliphatic heterocycles. The molecule has 0 bridgehead atoms. The summed E-state index contributed by atoms with van der Waals surface area (Å²) >= 11 is 0. The number of carbonyl (C=O) groups is 1. The highest BCUT2D eigenvalue weighted by atomic mass is 32.2. The number of nitrogens with one attached hydrogen (secondary N) is 3. The van der Waals surface area contributed by atoms with Crippen molar-refractivity contribution in [3.8, 4) is 0 Å². The van der Waals surface area contributed by atoms with Gasteiger partial charge < -0.3 is 5.32 Å². The van der Waals surface area contributed by atoms with Crippen molar-refractivity contribution in [3.05, 3.63) is 5.82 Å². The molecule has 10 heteroatoms. The molecular weight excluding hydrogens is 260 g/mol. The van der Waals surface area contributed by atoms with Gasteiger partial charge in [-0.05, 0) is 13.3 Å². The molecule has 0 aliphatic carbocycles. The molecule has 1 aromatic heterocycles. The highest BCUT2D eigenvalue weighted by Gasteiger charge is 2.19. The van der Waals surface area contributed by atoms with Crippen molar-refractivity contribution in [1.29, 1.82) is 0 Å². The predicted molar refractivity (Wildman–Crippen MR) is 62.7 cm³/mol. The topological polar surface area (TPSA) is 130 Å². The van der Waals surface area contributed by atoms with E-state index in [0.717, 1.165) is 0 Å². The third-order valence-electron chi connectivity index (χ3n) is 2.03. The lowest BCUT2D eigenvalue weighted by molar-refractivity contribution is -0.122. The van der Waals surface area contributed by atoms with Gasteiger partial charge in [-0.1, -0.05) is 12.1 Å². The second kappa shape index (κ2) is 6.40. The van der Waals surface area contributed by atoms with Gasteiger partial charge in [0.05, 0.1) is 18.3 Å². The summed E-state index contributed by atoms with van der Waals surface area (Å²) in [5, 5.41) is 15.4. The summed E-state index contributed by atoms with van der Waals surface area (Å²) in [7, 11) is -3.41. The normalized spacial score (nSPS) is 13.2. The molecule has 0 aromatic carbocycles. The van der Waals surface area contributed by atoms with Gasteiger partial charge >= 0.3 is 0 Å². The first kappa shape index (κ1) is 14.5. The third-order valence-corrected chi connectivity index (χ3v) is 3.69. The summed E-state index contributed by atoms with van der Waals surface area (Å²) in [6.07, 6.45) is 0.493. The molecular formula is C8H16N6O3S. The molecule has 1 heterocycles. The largest absolute Gasteiger partial charge is 0.347 e. The van der Waals surface area contributed by atoms with Crippen molar-refractivity contribution in [2.45, 2.75) is 32.9 Å². The van der Waals surface area contributed by atoms with E-state index in [-0.39, 0.29) is 12.3 Å². The molecule has 0 saturated heterocycles. The Hall–Kier alpha value is -1.55. The van der Waals surface area contributed by atoms with Gasteiger partial charge in [-0.3, -0.25) is 4.79 Å². The van der Waals surface area contributed by atoms with Gasteiger partial charge in [0.15, 0.2) is 5.82 Å². The molecule has 9 nitrogen and oxygen atoms in total. The van der Waals surface area contributed by atoms with Crippen LogP contribution >= 0.6 is 0 Å². The van der Waals surface area contributed by atoms with Crippen molar-refractivity contribution in [1.82, 2.24) is 30.7 Å². The van der Waals surface area contributed by atoms with E-state index in [1.165, 1.54) is 6.92 Å². The Morgan fingerprint density at radius 3 is 2.78 bits per heavy atom. The smallest absolute Gasteiger partial charge is 0.238 e. The van der Waals surface area contributed by atoms with Gasteiger partial charge in [-0.15, -0.1) is 10.2 Å². The van der Waals surface area contributed by atoms with Crippen LogP contribution in [0.1, 0.15) is 26.1 Å². The van der Waals surface area contributed by atoms with Crippen LogP contribution in [0.5, 0.6) is 0 Å². The number of aromatic amines is 1. The molecule has 102 valence electrons. The van der Waals surface area contributed by atoms with Gasteiger partial charge in [-0.2, -0.15) is 5.21 Å². The summed E-state index contributed by atoms with van der Waals surface area (Å²) in [6.45, 7) is 3.31. The van der Waals surface area contributed by atoms with Crippen molar-refractivity contribution in [3.63, 3.8) is 0 Å². The maximum Gasteiger partial charge on any atom is 0.238 e. The first-order valence-electron chi connectivity index (χ1n) is 5.44. The first-order chi connectivity index (χ1) is 8.44. The number of hydrogen-bond acceptors (Lipinski definition) is 6. The minimum absolute atomic E-state index is 0.00450. The number of aromatic nitrogens is 4. The van der Waals surface area contributed by atoms with Crippen molar-refractivity contribution in [2.75, 3.05) is 5.75 Å². The van der Waals surface area contributed by atoms with Crippen LogP contribution in [0.2, 0.25) is 0 Å². The summed E-state index contributed by atoms with van der Waals surface area (Å²) in [5.74, 6) is -0.124. The van der Waals surface area contributed by atoms with Crippen LogP contribution in [0.15, 0.2) is 0 Å². The maximum atomic E-state index is 11.6. The van der Waals surface area contributed by atoms with Crippen LogP contribution in [0, 0.1) is 0 Å². The van der Waals surface area contributed by atoms with Gasteiger partial charge in [0.2, 0.25) is 15.9 Å². The zero-order valence-electron chi connectivity index (χ0n) is 10.2. The summed E-state index contributed by atoms with van der Waals surface area (Å²) in [5.41, 5.74) is 0. The molecule has 0 fully saturated rings. The Morgan fingerprint density at radius 1 is 1.50 bits per heavy atom. The van der Waals surface area contributed by atoms with Gasteiger partial charge in [0.1, 0.15) is 0 Å². The van der Waals surface area contributed by atoms with Crippen LogP contribution in [-0.4, -0.2) is 46.7 Å². The molecule has 3 N–H and O–H groups in total. The minimum atomic E-state index is -3.41. The zero-order chi connectivity index (χ0) is 13.6. The lowest BCUT2D eigenvalue weighted by atomic mass is 10.3. The molecule has 1 unspecified atom stereocenters. The summed E-state index contributed by atoms with van der Waals surface area (Å²) in [6, 6.07) is -0.839. The van der Waals surface area contributed by atoms with Gasteiger partial charge in [-0.25, -0.2) is 13.1 Å². The van der Waals surface area contributed by atoms with Crippen LogP contribution < -0.4 is 10.0 Å². The fraction of sp³-hybridized carbons (Fsp3) is 0.750. The Balaban J connectivity index is 2.42. The Kier molecular flexibility index (Phi) is 5.16. The fourth-order valence-corrected chi connectivity index (χ4v) is 2.53. The number of rotatable bonds is 7. The van der Waals surface area contributed by atoms with E-state index in [0.29, 0.717) is 12.2 Å². The third kappa shape index (κ3) is 4.75. The van der Waals surface area contributed by atoms with E-state index in [4.69, 9.17) is 0 Å². The molecule has 0 aliphatic rings. The predicted octanol–water partition coefficient (Wildman–Crippen LogP) is -1.47. The molecule has 1 rings (SSSR count). The van der Waals surface area contributed by atoms with Crippen LogP contribution in [-0.2, 0) is 21.4 Å². The highest BCUT2D eigenvalue weighted by Crippen LogP contribution is 1.93. The van der Waals surface area contributed by atoms with E-state index in [2.05, 4.69) is 30.7 Å². The molecule has 0 radical (unpaired) electrons. The van der Waals surface area contributed by atoms with Crippen molar-refractivity contribution >= 4 is 15.9 Å². The lowest BCUT2D eigenvalue weighted by Crippen LogP contribution is -2.45. The van der Waals surface area contributed by atoms with E-state index in [1.54, 1.807) is 6.92 Å². The summed E-state index contributed by atoms with van der Waals surface area (Å²) in [4.78, 5) is 11.6. The average Bonchev–Trinajstić information content (AvgIpc) is 2.77. The number of nitrogens with zero attached hydrogens (tertiary/aromatic N) is 3. The molecule has 18 heavy (non-hydrogen) atoms. The molecule has 1 amide bonds. The Morgan fingerprint density at radius 2 is 2.22 bits per heavy atom. The number of tetrazole rings is 1. The number of sulfonamides is 1. The van der Waals surface area contributed by atoms with Gasteiger partial charge in [0.25, 0.3) is 0 Å². The SMILES string of the molecule is CCCS(=O)(=O)NC(C)C(=O)NCc1nn[nH]n1. The number of H-pyrrole nitrogens is 1. The number of amides is 1. The van der Waals surface area contributed by atoms with Crippen molar-refractivity contribution < 1.29 is 13.2 Å². The first-order valence-corrected chi connectivity index (χ1v) is 7.10. The quantitative estimate of drug-likeness (QED) is 0.557. The van der Waals surface area contributed by atoms with Gasteiger partial charge in [0, 0.05) is 0 Å². The van der Waals surface area contributed by atoms with E-state index in [1.807, 2.05) is 0 Å². The highest BCUT2D eigenvalue weighted by molar-refractivity contribution is 7.89. The second-order valence-electron chi connectivity index (χ2n) is 3.70. The zero-order valence-corrected chi connectivity index (χ0v) is 11.0. The Bertz CT molecular complexity index is 471. The van der Waals surface area contributed by atoms with Crippen LogP contribution in [0.4, 0.5) is 0 Å². The number of hydrogen-bond donors (Lipinski definition) is 3. The van der Waals surface area contributed by atoms with E-state index in [9.17, 15) is 13.2 Å². The standard InChI is InChI=1S/C8H16N6O3S/c1-3-4-18(16,17)12-6(2)8(15)9-5-7-10-13-14-11-7/h6,12H,3-5H2,1-2H3,(H,9,15)(H,10,11,13,14). The van der Waals surface area contributed by atoms with E-state index >= 15 is 0 Å². The van der Waals surface area contributed by atoms with E-state index < -0.39 is 22.0 Å². The van der Waals surface area contributed by atoms with Crippen LogP contribution in [0.3, 0.4) is 0 Å². The number of carbonyl (C=O) groups excluding carboxylic acids is 1.